The van der Waals surface area contributed by atoms with Gasteiger partial charge in [0.2, 0.25) is 0 Å². The molecule has 310 valence electrons. The molecule has 0 N–H and O–H groups in total. The van der Waals surface area contributed by atoms with E-state index < -0.39 is 38.2 Å². The molecule has 0 amide bonds. The lowest BCUT2D eigenvalue weighted by Crippen LogP contribution is -2.33. The smallest absolute Gasteiger partial charge is 0.264 e. The summed E-state index contributed by atoms with van der Waals surface area (Å²) in [6.45, 7) is 3.98. The first kappa shape index (κ1) is 49.7. The first-order valence-electron chi connectivity index (χ1n) is 21.1. The second-order valence-electron chi connectivity index (χ2n) is 14.9. The van der Waals surface area contributed by atoms with E-state index in [1.54, 1.807) is 0 Å². The number of hydrogen-bond acceptors (Lipinski definition) is 8. The number of ether oxygens (including phenoxy) is 2. The van der Waals surface area contributed by atoms with Crippen molar-refractivity contribution in [2.45, 2.75) is 199 Å². The predicted octanol–water partition coefficient (Wildman–Crippen LogP) is 11.8. The van der Waals surface area contributed by atoms with Crippen LogP contribution in [-0.4, -0.2) is 60.6 Å². The predicted molar refractivity (Wildman–Crippen MR) is 222 cm³/mol. The fourth-order valence-corrected chi connectivity index (χ4v) is 7.28. The lowest BCUT2D eigenvalue weighted by Gasteiger charge is -2.29. The molecule has 0 bridgehead atoms. The van der Waals surface area contributed by atoms with E-state index in [-0.39, 0.29) is 13.2 Å². The first-order chi connectivity index (χ1) is 25.5. The summed E-state index contributed by atoms with van der Waals surface area (Å²) in [5, 5.41) is 0. The molecule has 0 radical (unpaired) electrons. The van der Waals surface area contributed by atoms with Gasteiger partial charge in [-0.3, -0.25) is 8.37 Å². The zero-order chi connectivity index (χ0) is 38.9. The van der Waals surface area contributed by atoms with E-state index in [1.165, 1.54) is 89.9 Å². The highest BCUT2D eigenvalue weighted by Gasteiger charge is 2.47. The first-order valence-corrected chi connectivity index (χ1v) is 24.8. The van der Waals surface area contributed by atoms with Crippen LogP contribution in [0.25, 0.3) is 0 Å². The molecule has 0 aromatic heterocycles. The van der Waals surface area contributed by atoms with Crippen molar-refractivity contribution in [1.82, 2.24) is 0 Å². The van der Waals surface area contributed by atoms with E-state index in [0.717, 1.165) is 76.7 Å². The van der Waals surface area contributed by atoms with Crippen LogP contribution in [0.4, 0.5) is 0 Å². The van der Waals surface area contributed by atoms with Gasteiger partial charge in [-0.25, -0.2) is 0 Å². The van der Waals surface area contributed by atoms with Gasteiger partial charge in [-0.15, -0.1) is 0 Å². The Balaban J connectivity index is 2.52. The molecule has 0 aromatic rings. The van der Waals surface area contributed by atoms with E-state index in [2.05, 4.69) is 62.5 Å². The SMILES string of the molecule is CCCCCC=CCC=CCCCCCCCCC1(CCCCCCCCC=CCC=CCCCCC)O[C@@H](COS(C)(=O)=O)[C@H](COS(C)(=O)=O)O1. The second kappa shape index (κ2) is 31.9. The average Bonchev–Trinajstić information content (AvgIpc) is 3.46. The van der Waals surface area contributed by atoms with E-state index in [4.69, 9.17) is 17.8 Å². The maximum absolute atomic E-state index is 11.8. The maximum atomic E-state index is 11.8. The summed E-state index contributed by atoms with van der Waals surface area (Å²) < 4.78 is 70.2. The van der Waals surface area contributed by atoms with Crippen molar-refractivity contribution >= 4 is 20.2 Å². The average molecular weight is 787 g/mol. The summed E-state index contributed by atoms with van der Waals surface area (Å²) in [5.74, 6) is -0.915. The van der Waals surface area contributed by atoms with Gasteiger partial charge in [0.05, 0.1) is 25.7 Å². The van der Waals surface area contributed by atoms with Gasteiger partial charge in [-0.2, -0.15) is 16.8 Å². The second-order valence-corrected chi connectivity index (χ2v) is 18.2. The maximum Gasteiger partial charge on any atom is 0.264 e. The van der Waals surface area contributed by atoms with Gasteiger partial charge < -0.3 is 9.47 Å². The standard InChI is InChI=1S/C43H78O8S2/c1-5-7-9-11-13-15-17-19-21-23-25-27-29-31-33-35-37-43(50-41(39-48-52(3,44)45)42(51-43)40-49-53(4,46)47)38-36-34-32-30-28-26-24-22-20-18-16-14-12-10-8-6-2/h13-16,19-22,41-42H,5-12,17-18,23-40H2,1-4H3/t41-,42-/m0/s1. The molecule has 1 heterocycles. The Kier molecular flexibility index (Phi) is 29.9. The fourth-order valence-electron chi connectivity index (χ4n) is 6.52. The van der Waals surface area contributed by atoms with Gasteiger partial charge in [-0.05, 0) is 77.0 Å². The van der Waals surface area contributed by atoms with E-state index in [0.29, 0.717) is 12.8 Å². The molecule has 0 aliphatic carbocycles. The molecule has 0 saturated carbocycles. The number of allylic oxidation sites excluding steroid dienone is 8. The Morgan fingerprint density at radius 1 is 0.453 bits per heavy atom. The molecule has 1 aliphatic rings. The molecular formula is C43H78O8S2. The molecular weight excluding hydrogens is 709 g/mol. The van der Waals surface area contributed by atoms with Crippen LogP contribution in [0.2, 0.25) is 0 Å². The Bertz CT molecular complexity index is 1110. The molecule has 1 aliphatic heterocycles. The van der Waals surface area contributed by atoms with Gasteiger partial charge in [0.25, 0.3) is 20.2 Å². The monoisotopic (exact) mass is 787 g/mol. The summed E-state index contributed by atoms with van der Waals surface area (Å²) in [5.41, 5.74) is 0. The molecule has 0 aromatic carbocycles. The van der Waals surface area contributed by atoms with Crippen LogP contribution in [0, 0.1) is 0 Å². The minimum Gasteiger partial charge on any atom is -0.341 e. The number of unbranched alkanes of at least 4 members (excludes halogenated alkanes) is 18. The van der Waals surface area contributed by atoms with Crippen molar-refractivity contribution < 1.29 is 34.7 Å². The molecule has 0 spiro atoms. The normalized spacial score (nSPS) is 18.2. The van der Waals surface area contributed by atoms with Crippen molar-refractivity contribution in [2.24, 2.45) is 0 Å². The molecule has 1 saturated heterocycles. The zero-order valence-corrected chi connectivity index (χ0v) is 35.8. The van der Waals surface area contributed by atoms with Crippen molar-refractivity contribution in [3.05, 3.63) is 48.6 Å². The molecule has 53 heavy (non-hydrogen) atoms. The van der Waals surface area contributed by atoms with Gasteiger partial charge in [0, 0.05) is 12.8 Å². The minimum absolute atomic E-state index is 0.244. The fraction of sp³-hybridized carbons (Fsp3) is 0.814. The summed E-state index contributed by atoms with van der Waals surface area (Å²) in [7, 11) is -7.43. The number of rotatable bonds is 36. The minimum atomic E-state index is -3.71. The van der Waals surface area contributed by atoms with Crippen LogP contribution in [-0.2, 0) is 38.1 Å². The molecule has 8 nitrogen and oxygen atoms in total. The van der Waals surface area contributed by atoms with Crippen molar-refractivity contribution in [3.8, 4) is 0 Å². The lowest BCUT2D eigenvalue weighted by molar-refractivity contribution is -0.189. The van der Waals surface area contributed by atoms with Crippen LogP contribution < -0.4 is 0 Å². The Morgan fingerprint density at radius 2 is 0.755 bits per heavy atom. The highest BCUT2D eigenvalue weighted by molar-refractivity contribution is 7.86. The quantitative estimate of drug-likeness (QED) is 0.0351. The van der Waals surface area contributed by atoms with Crippen molar-refractivity contribution in [1.29, 1.82) is 0 Å². The Hall–Kier alpha value is -1.30. The molecule has 0 unspecified atom stereocenters. The van der Waals surface area contributed by atoms with E-state index >= 15 is 0 Å². The highest BCUT2D eigenvalue weighted by atomic mass is 32.2. The van der Waals surface area contributed by atoms with Crippen LogP contribution in [0.1, 0.15) is 181 Å². The van der Waals surface area contributed by atoms with Crippen LogP contribution in [0.15, 0.2) is 48.6 Å². The zero-order valence-electron chi connectivity index (χ0n) is 34.2. The molecule has 2 atom stereocenters. The largest absolute Gasteiger partial charge is 0.341 e. The Morgan fingerprint density at radius 3 is 1.08 bits per heavy atom. The number of hydrogen-bond donors (Lipinski definition) is 0. The molecule has 1 fully saturated rings. The summed E-state index contributed by atoms with van der Waals surface area (Å²) in [6, 6.07) is 0. The van der Waals surface area contributed by atoms with E-state index in [9.17, 15) is 16.8 Å². The van der Waals surface area contributed by atoms with Gasteiger partial charge >= 0.3 is 0 Å². The van der Waals surface area contributed by atoms with Crippen molar-refractivity contribution in [2.75, 3.05) is 25.7 Å². The lowest BCUT2D eigenvalue weighted by atomic mass is 9.98. The molecule has 1 rings (SSSR count). The van der Waals surface area contributed by atoms with Gasteiger partial charge in [0.1, 0.15) is 12.2 Å². The third-order valence-corrected chi connectivity index (χ3v) is 10.7. The summed E-state index contributed by atoms with van der Waals surface area (Å²) >= 11 is 0. The highest BCUT2D eigenvalue weighted by Crippen LogP contribution is 2.38. The van der Waals surface area contributed by atoms with Crippen LogP contribution >= 0.6 is 0 Å². The Labute approximate surface area is 326 Å². The third-order valence-electron chi connectivity index (χ3n) is 9.56. The third kappa shape index (κ3) is 30.6. The van der Waals surface area contributed by atoms with Gasteiger partial charge in [-0.1, -0.05) is 140 Å². The topological polar surface area (TPSA) is 105 Å². The van der Waals surface area contributed by atoms with Crippen LogP contribution in [0.3, 0.4) is 0 Å². The van der Waals surface area contributed by atoms with Crippen molar-refractivity contribution in [3.63, 3.8) is 0 Å². The van der Waals surface area contributed by atoms with E-state index in [1.807, 2.05) is 0 Å². The summed E-state index contributed by atoms with van der Waals surface area (Å²) in [4.78, 5) is 0. The van der Waals surface area contributed by atoms with Crippen LogP contribution in [0.5, 0.6) is 0 Å². The molecule has 10 heteroatoms. The van der Waals surface area contributed by atoms with Gasteiger partial charge in [0.15, 0.2) is 5.79 Å². The summed E-state index contributed by atoms with van der Waals surface area (Å²) in [6.07, 6.45) is 47.9.